The van der Waals surface area contributed by atoms with Gasteiger partial charge in [0.05, 0.1) is 12.7 Å². The van der Waals surface area contributed by atoms with Crippen LogP contribution in [0.5, 0.6) is 0 Å². The van der Waals surface area contributed by atoms with Crippen molar-refractivity contribution in [3.05, 3.63) is 0 Å². The molecule has 0 radical (unpaired) electrons. The van der Waals surface area contributed by atoms with Crippen molar-refractivity contribution in [1.82, 2.24) is 0 Å². The highest BCUT2D eigenvalue weighted by Crippen LogP contribution is 2.25. The van der Waals surface area contributed by atoms with E-state index >= 15 is 0 Å². The highest BCUT2D eigenvalue weighted by atomic mass is 16.6. The average Bonchev–Trinajstić information content (AvgIpc) is 2.42. The lowest BCUT2D eigenvalue weighted by Gasteiger charge is -2.21. The van der Waals surface area contributed by atoms with Crippen molar-refractivity contribution in [2.75, 3.05) is 13.7 Å². The SMILES string of the molecule is CO[C@@H]1C(O)[C@H](C)O[C@@H]1C(O)CO. The molecule has 1 fully saturated rings. The van der Waals surface area contributed by atoms with Crippen LogP contribution in [0.15, 0.2) is 0 Å². The van der Waals surface area contributed by atoms with Gasteiger partial charge in [-0.05, 0) is 6.92 Å². The molecule has 5 atom stereocenters. The van der Waals surface area contributed by atoms with Crippen LogP contribution in [0.2, 0.25) is 0 Å². The van der Waals surface area contributed by atoms with Crippen molar-refractivity contribution in [3.63, 3.8) is 0 Å². The summed E-state index contributed by atoms with van der Waals surface area (Å²) in [5, 5.41) is 27.6. The Morgan fingerprint density at radius 2 is 2.15 bits per heavy atom. The molecule has 1 heterocycles. The molecular formula is C8H16O5. The Labute approximate surface area is 76.9 Å². The quantitative estimate of drug-likeness (QED) is 0.507. The van der Waals surface area contributed by atoms with Gasteiger partial charge >= 0.3 is 0 Å². The fraction of sp³-hybridized carbons (Fsp3) is 1.00. The number of rotatable bonds is 3. The van der Waals surface area contributed by atoms with Gasteiger partial charge < -0.3 is 24.8 Å². The third kappa shape index (κ3) is 2.00. The molecule has 3 N–H and O–H groups in total. The third-order valence-electron chi connectivity index (χ3n) is 2.35. The van der Waals surface area contributed by atoms with Gasteiger partial charge in [-0.25, -0.2) is 0 Å². The van der Waals surface area contributed by atoms with E-state index in [4.69, 9.17) is 14.6 Å². The van der Waals surface area contributed by atoms with Crippen molar-refractivity contribution in [2.45, 2.75) is 37.4 Å². The normalized spacial score (nSPS) is 42.2. The van der Waals surface area contributed by atoms with Crippen LogP contribution in [0.25, 0.3) is 0 Å². The molecule has 0 aromatic rings. The van der Waals surface area contributed by atoms with Crippen molar-refractivity contribution < 1.29 is 24.8 Å². The Morgan fingerprint density at radius 3 is 2.62 bits per heavy atom. The van der Waals surface area contributed by atoms with Crippen LogP contribution < -0.4 is 0 Å². The average molecular weight is 192 g/mol. The van der Waals surface area contributed by atoms with Gasteiger partial charge in [0, 0.05) is 7.11 Å². The van der Waals surface area contributed by atoms with Crippen molar-refractivity contribution in [3.8, 4) is 0 Å². The molecule has 1 rings (SSSR count). The predicted molar refractivity (Wildman–Crippen MR) is 44.2 cm³/mol. The summed E-state index contributed by atoms with van der Waals surface area (Å²) < 4.78 is 10.2. The maximum absolute atomic E-state index is 9.53. The molecule has 0 aromatic carbocycles. The van der Waals surface area contributed by atoms with E-state index in [1.54, 1.807) is 6.92 Å². The summed E-state index contributed by atoms with van der Waals surface area (Å²) in [6, 6.07) is 0. The van der Waals surface area contributed by atoms with Crippen molar-refractivity contribution >= 4 is 0 Å². The van der Waals surface area contributed by atoms with Crippen LogP contribution in [0, 0.1) is 0 Å². The summed E-state index contributed by atoms with van der Waals surface area (Å²) in [6.07, 6.45) is -3.37. The second-order valence-corrected chi connectivity index (χ2v) is 3.25. The van der Waals surface area contributed by atoms with Gasteiger partial charge in [-0.1, -0.05) is 0 Å². The smallest absolute Gasteiger partial charge is 0.115 e. The number of hydrogen-bond acceptors (Lipinski definition) is 5. The highest BCUT2D eigenvalue weighted by molar-refractivity contribution is 4.92. The molecule has 1 saturated heterocycles. The van der Waals surface area contributed by atoms with Crippen LogP contribution in [0.3, 0.4) is 0 Å². The van der Waals surface area contributed by atoms with Gasteiger partial charge in [-0.3, -0.25) is 0 Å². The van der Waals surface area contributed by atoms with Gasteiger partial charge in [-0.2, -0.15) is 0 Å². The summed E-state index contributed by atoms with van der Waals surface area (Å²) in [4.78, 5) is 0. The Hall–Kier alpha value is -0.200. The van der Waals surface area contributed by atoms with E-state index in [1.165, 1.54) is 7.11 Å². The minimum absolute atomic E-state index is 0.379. The molecular weight excluding hydrogens is 176 g/mol. The first-order valence-electron chi connectivity index (χ1n) is 4.27. The minimum Gasteiger partial charge on any atom is -0.394 e. The Morgan fingerprint density at radius 1 is 1.54 bits per heavy atom. The Balaban J connectivity index is 2.64. The number of ether oxygens (including phenoxy) is 2. The maximum atomic E-state index is 9.53. The second-order valence-electron chi connectivity index (χ2n) is 3.25. The maximum Gasteiger partial charge on any atom is 0.115 e. The third-order valence-corrected chi connectivity index (χ3v) is 2.35. The fourth-order valence-electron chi connectivity index (χ4n) is 1.55. The van der Waals surface area contributed by atoms with E-state index in [0.29, 0.717) is 0 Å². The van der Waals surface area contributed by atoms with E-state index < -0.39 is 31.0 Å². The van der Waals surface area contributed by atoms with Gasteiger partial charge in [0.1, 0.15) is 24.4 Å². The first-order chi connectivity index (χ1) is 6.11. The van der Waals surface area contributed by atoms with E-state index in [1.807, 2.05) is 0 Å². The van der Waals surface area contributed by atoms with Crippen LogP contribution in [0.1, 0.15) is 6.92 Å². The van der Waals surface area contributed by atoms with Gasteiger partial charge in [0.15, 0.2) is 0 Å². The molecule has 2 unspecified atom stereocenters. The molecule has 0 amide bonds. The number of methoxy groups -OCH3 is 1. The second kappa shape index (κ2) is 4.34. The van der Waals surface area contributed by atoms with Crippen LogP contribution >= 0.6 is 0 Å². The first kappa shape index (κ1) is 10.9. The van der Waals surface area contributed by atoms with Gasteiger partial charge in [0.25, 0.3) is 0 Å². The van der Waals surface area contributed by atoms with E-state index in [9.17, 15) is 10.2 Å². The first-order valence-corrected chi connectivity index (χ1v) is 4.27. The largest absolute Gasteiger partial charge is 0.394 e. The molecule has 0 saturated carbocycles. The highest BCUT2D eigenvalue weighted by Gasteiger charge is 2.44. The van der Waals surface area contributed by atoms with Gasteiger partial charge in [0.2, 0.25) is 0 Å². The van der Waals surface area contributed by atoms with Crippen molar-refractivity contribution in [1.29, 1.82) is 0 Å². The van der Waals surface area contributed by atoms with E-state index in [-0.39, 0.29) is 6.10 Å². The zero-order chi connectivity index (χ0) is 10.0. The monoisotopic (exact) mass is 192 g/mol. The number of aliphatic hydroxyl groups is 3. The molecule has 0 aliphatic carbocycles. The number of hydrogen-bond donors (Lipinski definition) is 3. The fourth-order valence-corrected chi connectivity index (χ4v) is 1.55. The molecule has 1 aliphatic heterocycles. The van der Waals surface area contributed by atoms with Crippen LogP contribution in [-0.4, -0.2) is 59.6 Å². The topological polar surface area (TPSA) is 79.2 Å². The summed E-state index contributed by atoms with van der Waals surface area (Å²) in [6.45, 7) is 1.30. The lowest BCUT2D eigenvalue weighted by molar-refractivity contribution is -0.0877. The van der Waals surface area contributed by atoms with E-state index in [2.05, 4.69) is 0 Å². The molecule has 0 bridgehead atoms. The summed E-state index contributed by atoms with van der Waals surface area (Å²) in [5.74, 6) is 0. The lowest BCUT2D eigenvalue weighted by Crippen LogP contribution is -2.41. The zero-order valence-electron chi connectivity index (χ0n) is 7.75. The summed E-state index contributed by atoms with van der Waals surface area (Å²) >= 11 is 0. The zero-order valence-corrected chi connectivity index (χ0v) is 7.75. The van der Waals surface area contributed by atoms with Crippen LogP contribution in [0.4, 0.5) is 0 Å². The summed E-state index contributed by atoms with van der Waals surface area (Å²) in [7, 11) is 1.44. The van der Waals surface area contributed by atoms with Crippen LogP contribution in [-0.2, 0) is 9.47 Å². The van der Waals surface area contributed by atoms with Gasteiger partial charge in [-0.15, -0.1) is 0 Å². The molecule has 0 spiro atoms. The Kier molecular flexibility index (Phi) is 3.63. The minimum atomic E-state index is -1.01. The molecule has 0 aromatic heterocycles. The number of aliphatic hydroxyl groups excluding tert-OH is 3. The van der Waals surface area contributed by atoms with Crippen molar-refractivity contribution in [2.24, 2.45) is 0 Å². The molecule has 5 heteroatoms. The lowest BCUT2D eigenvalue weighted by atomic mass is 10.0. The predicted octanol–water partition coefficient (Wildman–Crippen LogP) is -1.50. The molecule has 13 heavy (non-hydrogen) atoms. The Bertz CT molecular complexity index is 163. The molecule has 5 nitrogen and oxygen atoms in total. The standard InChI is InChI=1S/C8H16O5/c1-4-6(11)8(12-2)7(13-4)5(10)3-9/h4-11H,3H2,1-2H3/t4-,5?,6?,7+,8+/m0/s1. The molecule has 78 valence electrons. The molecule has 1 aliphatic rings. The van der Waals surface area contributed by atoms with E-state index in [0.717, 1.165) is 0 Å². The summed E-state index contributed by atoms with van der Waals surface area (Å²) in [5.41, 5.74) is 0.